The minimum absolute atomic E-state index is 0.115. The van der Waals surface area contributed by atoms with E-state index < -0.39 is 11.7 Å². The van der Waals surface area contributed by atoms with E-state index in [0.717, 1.165) is 16.9 Å². The van der Waals surface area contributed by atoms with Gasteiger partial charge in [0.05, 0.1) is 23.7 Å². The van der Waals surface area contributed by atoms with E-state index in [1.165, 1.54) is 0 Å². The van der Waals surface area contributed by atoms with E-state index in [0.29, 0.717) is 35.2 Å². The molecule has 0 saturated carbocycles. The van der Waals surface area contributed by atoms with Gasteiger partial charge in [-0.2, -0.15) is 0 Å². The third-order valence-corrected chi connectivity index (χ3v) is 5.32. The predicted molar refractivity (Wildman–Crippen MR) is 141 cm³/mol. The lowest BCUT2D eigenvalue weighted by molar-refractivity contribution is 0.0493. The summed E-state index contributed by atoms with van der Waals surface area (Å²) in [4.78, 5) is 23.6. The topological polar surface area (TPSA) is 76.6 Å². The quantitative estimate of drug-likeness (QED) is 0.383. The summed E-state index contributed by atoms with van der Waals surface area (Å²) in [5.74, 6) is 1.37. The second kappa shape index (κ2) is 11.4. The fourth-order valence-corrected chi connectivity index (χ4v) is 3.65. The van der Waals surface area contributed by atoms with Crippen LogP contribution in [0.2, 0.25) is 5.02 Å². The van der Waals surface area contributed by atoms with E-state index in [-0.39, 0.29) is 6.10 Å². The largest absolute Gasteiger partial charge is 0.491 e. The number of benzene rings is 2. The second-order valence-electron chi connectivity index (χ2n) is 9.49. The van der Waals surface area contributed by atoms with Crippen molar-refractivity contribution in [3.63, 3.8) is 0 Å². The Labute approximate surface area is 212 Å². The van der Waals surface area contributed by atoms with Crippen LogP contribution in [0.1, 0.15) is 44.5 Å². The Morgan fingerprint density at radius 1 is 1.06 bits per heavy atom. The van der Waals surface area contributed by atoms with Crippen molar-refractivity contribution in [3.05, 3.63) is 76.6 Å². The van der Waals surface area contributed by atoms with Gasteiger partial charge in [0.2, 0.25) is 5.95 Å². The van der Waals surface area contributed by atoms with Gasteiger partial charge in [-0.05, 0) is 63.1 Å². The van der Waals surface area contributed by atoms with Crippen LogP contribution in [-0.4, -0.2) is 41.9 Å². The molecule has 8 heteroatoms. The van der Waals surface area contributed by atoms with Gasteiger partial charge in [-0.1, -0.05) is 35.9 Å². The molecule has 35 heavy (non-hydrogen) atoms. The van der Waals surface area contributed by atoms with Crippen molar-refractivity contribution in [1.29, 1.82) is 0 Å². The Balaban J connectivity index is 1.70. The molecule has 1 N–H and O–H groups in total. The highest BCUT2D eigenvalue weighted by atomic mass is 35.5. The molecule has 0 aliphatic carbocycles. The summed E-state index contributed by atoms with van der Waals surface area (Å²) in [5, 5.41) is 3.49. The molecule has 0 unspecified atom stereocenters. The highest BCUT2D eigenvalue weighted by Gasteiger charge is 2.24. The number of anilines is 2. The Hall–Kier alpha value is -3.32. The van der Waals surface area contributed by atoms with Crippen LogP contribution in [0.3, 0.4) is 0 Å². The molecule has 0 aliphatic rings. The minimum Gasteiger partial charge on any atom is -0.491 e. The Kier molecular flexibility index (Phi) is 8.57. The molecule has 0 aliphatic heterocycles. The van der Waals surface area contributed by atoms with Gasteiger partial charge in [0.25, 0.3) is 0 Å². The average Bonchev–Trinajstić information content (AvgIpc) is 2.76. The summed E-state index contributed by atoms with van der Waals surface area (Å²) in [5.41, 5.74) is 2.51. The minimum atomic E-state index is -0.731. The second-order valence-corrected chi connectivity index (χ2v) is 9.93. The summed E-state index contributed by atoms with van der Waals surface area (Å²) < 4.78 is 11.5. The summed E-state index contributed by atoms with van der Waals surface area (Å²) in [6.07, 6.45) is 2.22. The van der Waals surface area contributed by atoms with E-state index in [2.05, 4.69) is 15.3 Å². The van der Waals surface area contributed by atoms with Gasteiger partial charge in [0.15, 0.2) is 0 Å². The maximum Gasteiger partial charge on any atom is 0.412 e. The molecule has 1 heterocycles. The maximum absolute atomic E-state index is 12.8. The zero-order chi connectivity index (χ0) is 25.6. The number of halogens is 1. The lowest BCUT2D eigenvalue weighted by atomic mass is 9.98. The number of rotatable bonds is 9. The molecule has 186 valence electrons. The standard InChI is InChI=1S/C27H33ClN4O3/c1-18(2)34-22-13-9-20(10-14-22)16-27(3,4)35-26(33)31-24-17-29-25(32(5)6)30-23(24)15-19-7-11-21(28)12-8-19/h7-14,17-18H,15-16H2,1-6H3,(H,31,33). The van der Waals surface area contributed by atoms with E-state index in [9.17, 15) is 4.79 Å². The van der Waals surface area contributed by atoms with Gasteiger partial charge in [0, 0.05) is 32.0 Å². The van der Waals surface area contributed by atoms with Crippen molar-refractivity contribution < 1.29 is 14.3 Å². The third-order valence-electron chi connectivity index (χ3n) is 5.07. The van der Waals surface area contributed by atoms with Crippen LogP contribution in [-0.2, 0) is 17.6 Å². The van der Waals surface area contributed by atoms with Gasteiger partial charge < -0.3 is 14.4 Å². The van der Waals surface area contributed by atoms with Gasteiger partial charge in [-0.25, -0.2) is 14.8 Å². The molecule has 0 saturated heterocycles. The van der Waals surface area contributed by atoms with Crippen molar-refractivity contribution in [2.24, 2.45) is 0 Å². The van der Waals surface area contributed by atoms with Gasteiger partial charge in [-0.15, -0.1) is 0 Å². The Morgan fingerprint density at radius 3 is 2.29 bits per heavy atom. The zero-order valence-electron chi connectivity index (χ0n) is 21.1. The molecular formula is C27H33ClN4O3. The highest BCUT2D eigenvalue weighted by molar-refractivity contribution is 6.30. The number of amides is 1. The molecule has 3 rings (SSSR count). The number of nitrogens with one attached hydrogen (secondary N) is 1. The van der Waals surface area contributed by atoms with E-state index in [1.54, 1.807) is 6.20 Å². The van der Waals surface area contributed by atoms with Crippen molar-refractivity contribution in [3.8, 4) is 5.75 Å². The molecule has 0 spiro atoms. The van der Waals surface area contributed by atoms with Crippen LogP contribution in [0.25, 0.3) is 0 Å². The van der Waals surface area contributed by atoms with Crippen molar-refractivity contribution in [2.75, 3.05) is 24.3 Å². The van der Waals surface area contributed by atoms with E-state index in [4.69, 9.17) is 21.1 Å². The number of carbonyl (C=O) groups is 1. The van der Waals surface area contributed by atoms with Gasteiger partial charge in [-0.3, -0.25) is 5.32 Å². The number of aromatic nitrogens is 2. The maximum atomic E-state index is 12.8. The first kappa shape index (κ1) is 26.3. The lowest BCUT2D eigenvalue weighted by Crippen LogP contribution is -2.33. The van der Waals surface area contributed by atoms with Crippen molar-refractivity contribution >= 4 is 29.3 Å². The number of nitrogens with zero attached hydrogens (tertiary/aromatic N) is 3. The molecule has 1 amide bonds. The first-order chi connectivity index (χ1) is 16.5. The van der Waals surface area contributed by atoms with E-state index >= 15 is 0 Å². The Morgan fingerprint density at radius 2 is 1.69 bits per heavy atom. The first-order valence-electron chi connectivity index (χ1n) is 11.5. The molecule has 0 atom stereocenters. The summed E-state index contributed by atoms with van der Waals surface area (Å²) in [7, 11) is 3.74. The number of carbonyl (C=O) groups excluding carboxylic acids is 1. The van der Waals surface area contributed by atoms with Crippen LogP contribution < -0.4 is 15.0 Å². The molecule has 7 nitrogen and oxygen atoms in total. The van der Waals surface area contributed by atoms with Crippen LogP contribution in [0.4, 0.5) is 16.4 Å². The summed E-state index contributed by atoms with van der Waals surface area (Å²) in [6.45, 7) is 7.74. The summed E-state index contributed by atoms with van der Waals surface area (Å²) in [6, 6.07) is 15.4. The van der Waals surface area contributed by atoms with Crippen molar-refractivity contribution in [1.82, 2.24) is 9.97 Å². The number of hydrogen-bond acceptors (Lipinski definition) is 6. The van der Waals surface area contributed by atoms with E-state index in [1.807, 2.05) is 95.2 Å². The summed E-state index contributed by atoms with van der Waals surface area (Å²) >= 11 is 6.02. The monoisotopic (exact) mass is 496 g/mol. The molecule has 3 aromatic rings. The smallest absolute Gasteiger partial charge is 0.412 e. The normalized spacial score (nSPS) is 11.3. The number of hydrogen-bond donors (Lipinski definition) is 1. The third kappa shape index (κ3) is 8.14. The van der Waals surface area contributed by atoms with Gasteiger partial charge >= 0.3 is 6.09 Å². The van der Waals surface area contributed by atoms with Crippen molar-refractivity contribution in [2.45, 2.75) is 52.2 Å². The highest BCUT2D eigenvalue weighted by Crippen LogP contribution is 2.24. The van der Waals surface area contributed by atoms with Crippen LogP contribution in [0.15, 0.2) is 54.7 Å². The molecule has 2 aromatic carbocycles. The average molecular weight is 497 g/mol. The van der Waals surface area contributed by atoms with Crippen LogP contribution >= 0.6 is 11.6 Å². The SMILES string of the molecule is CC(C)Oc1ccc(CC(C)(C)OC(=O)Nc2cnc(N(C)C)nc2Cc2ccc(Cl)cc2)cc1. The fraction of sp³-hybridized carbons (Fsp3) is 0.370. The molecule has 0 radical (unpaired) electrons. The fourth-order valence-electron chi connectivity index (χ4n) is 3.53. The zero-order valence-corrected chi connectivity index (χ0v) is 21.9. The first-order valence-corrected chi connectivity index (χ1v) is 11.9. The predicted octanol–water partition coefficient (Wildman–Crippen LogP) is 6.14. The molecule has 0 bridgehead atoms. The van der Waals surface area contributed by atoms with Crippen LogP contribution in [0.5, 0.6) is 5.75 Å². The molecule has 0 fully saturated rings. The van der Waals surface area contributed by atoms with Crippen LogP contribution in [0, 0.1) is 0 Å². The lowest BCUT2D eigenvalue weighted by Gasteiger charge is -2.26. The molecular weight excluding hydrogens is 464 g/mol. The Bertz CT molecular complexity index is 1130. The molecule has 1 aromatic heterocycles. The van der Waals surface area contributed by atoms with Gasteiger partial charge in [0.1, 0.15) is 11.4 Å². The number of ether oxygens (including phenoxy) is 2.